The summed E-state index contributed by atoms with van der Waals surface area (Å²) in [6.07, 6.45) is -8.49. The molecule has 9 N–H and O–H groups in total. The number of aliphatic hydroxyl groups excluding tert-OH is 8. The number of rotatable bonds is 11. The van der Waals surface area contributed by atoms with Crippen molar-refractivity contribution in [1.82, 2.24) is 20.3 Å². The Hall–Kier alpha value is -3.06. The van der Waals surface area contributed by atoms with E-state index in [0.29, 0.717) is 23.7 Å². The van der Waals surface area contributed by atoms with E-state index in [0.717, 1.165) is 57.8 Å². The van der Waals surface area contributed by atoms with Crippen LogP contribution in [-0.2, 0) is 39.8 Å². The summed E-state index contributed by atoms with van der Waals surface area (Å²) in [5.74, 6) is 0.221. The fraction of sp³-hybridized carbons (Fsp3) is 0.804. The number of aliphatic hydroxyl groups is 8. The number of allylic oxidation sites excluding steroid dienone is 2. The molecule has 424 valence electrons. The Kier molecular flexibility index (Phi) is 15.2. The molecule has 4 heterocycles. The maximum absolute atomic E-state index is 14.9. The zero-order chi connectivity index (χ0) is 54.7. The Morgan fingerprint density at radius 3 is 2.21 bits per heavy atom. The summed E-state index contributed by atoms with van der Waals surface area (Å²) in [5.41, 5.74) is 0.952. The van der Waals surface area contributed by atoms with Crippen LogP contribution in [0.25, 0.3) is 5.69 Å². The number of aromatic nitrogens is 3. The summed E-state index contributed by atoms with van der Waals surface area (Å²) in [6, 6.07) is 6.39. The molecule has 3 saturated heterocycles. The molecule has 0 radical (unpaired) electrons. The molecule has 5 aliphatic carbocycles. The Bertz CT molecular complexity index is 2460. The van der Waals surface area contributed by atoms with Crippen LogP contribution in [0, 0.1) is 56.1 Å². The molecule has 0 unspecified atom stereocenters. The first-order valence-corrected chi connectivity index (χ1v) is 27.7. The molecule has 4 saturated carbocycles. The lowest BCUT2D eigenvalue weighted by atomic mass is 9.33. The molecule has 8 aliphatic rings. The molecular weight excluding hydrogens is 988 g/mol. The number of carbonyl (C=O) groups is 1. The lowest BCUT2D eigenvalue weighted by Gasteiger charge is -2.71. The van der Waals surface area contributed by atoms with Crippen molar-refractivity contribution in [2.75, 3.05) is 13.2 Å². The Labute approximate surface area is 444 Å². The highest BCUT2D eigenvalue weighted by atomic mass is 19.1. The van der Waals surface area contributed by atoms with Crippen molar-refractivity contribution < 1.29 is 78.5 Å². The lowest BCUT2D eigenvalue weighted by Crippen LogP contribution is -2.66. The van der Waals surface area contributed by atoms with Crippen LogP contribution in [0.4, 0.5) is 4.39 Å². The zero-order valence-electron chi connectivity index (χ0n) is 45.2. The van der Waals surface area contributed by atoms with Crippen molar-refractivity contribution in [1.29, 1.82) is 0 Å². The summed E-state index contributed by atoms with van der Waals surface area (Å²) in [4.78, 5) is 14.9. The van der Waals surface area contributed by atoms with E-state index in [1.807, 2.05) is 0 Å². The van der Waals surface area contributed by atoms with Gasteiger partial charge < -0.3 is 74.6 Å². The largest absolute Gasteiger partial charge is 0.394 e. The van der Waals surface area contributed by atoms with Gasteiger partial charge in [0.25, 0.3) is 0 Å². The van der Waals surface area contributed by atoms with Gasteiger partial charge in [-0.25, -0.2) is 9.07 Å². The summed E-state index contributed by atoms with van der Waals surface area (Å²) >= 11 is 0. The maximum Gasteiger partial charge on any atom is 0.227 e. The van der Waals surface area contributed by atoms with E-state index in [1.165, 1.54) is 23.2 Å². The number of nitrogens with zero attached hydrogens (tertiary/aromatic N) is 3. The quantitative estimate of drug-likeness (QED) is 0.115. The van der Waals surface area contributed by atoms with E-state index < -0.39 is 115 Å². The smallest absolute Gasteiger partial charge is 0.227 e. The third-order valence-electron chi connectivity index (χ3n) is 21.1. The number of amides is 1. The van der Waals surface area contributed by atoms with Crippen molar-refractivity contribution in [2.24, 2.45) is 50.2 Å². The van der Waals surface area contributed by atoms with Crippen LogP contribution < -0.4 is 5.32 Å². The number of hydrogen-bond acceptors (Lipinski definition) is 17. The number of hydrogen-bond donors (Lipinski definition) is 9. The summed E-state index contributed by atoms with van der Waals surface area (Å²) < 4.78 is 53.0. The Morgan fingerprint density at radius 2 is 1.49 bits per heavy atom. The van der Waals surface area contributed by atoms with Gasteiger partial charge in [-0.1, -0.05) is 77.5 Å². The first-order valence-electron chi connectivity index (χ1n) is 27.7. The number of carbonyl (C=O) groups excluding carboxylic acids is 1. The highest BCUT2D eigenvalue weighted by molar-refractivity contribution is 5.84. The molecule has 2 aromatic rings. The molecule has 20 heteroatoms. The number of para-hydroxylation sites is 1. The van der Waals surface area contributed by atoms with Crippen LogP contribution in [-0.4, -0.2) is 167 Å². The molecule has 76 heavy (non-hydrogen) atoms. The van der Waals surface area contributed by atoms with Gasteiger partial charge in [0, 0.05) is 0 Å². The highest BCUT2D eigenvalue weighted by Crippen LogP contribution is 2.76. The van der Waals surface area contributed by atoms with Gasteiger partial charge in [0.15, 0.2) is 18.9 Å². The topological polar surface area (TPSA) is 277 Å². The lowest BCUT2D eigenvalue weighted by molar-refractivity contribution is -0.380. The van der Waals surface area contributed by atoms with Crippen molar-refractivity contribution in [3.63, 3.8) is 0 Å². The fourth-order valence-electron chi connectivity index (χ4n) is 16.3. The van der Waals surface area contributed by atoms with Crippen LogP contribution in [0.1, 0.15) is 125 Å². The van der Waals surface area contributed by atoms with Gasteiger partial charge in [0.05, 0.1) is 43.6 Å². The van der Waals surface area contributed by atoms with Gasteiger partial charge in [0.2, 0.25) is 5.91 Å². The van der Waals surface area contributed by atoms with E-state index in [-0.39, 0.29) is 52.6 Å². The summed E-state index contributed by atoms with van der Waals surface area (Å²) in [5, 5.41) is 97.6. The van der Waals surface area contributed by atoms with E-state index >= 15 is 0 Å². The summed E-state index contributed by atoms with van der Waals surface area (Å²) in [6.45, 7) is 17.3. The number of fused-ring (bicyclic) bond motifs is 7. The third kappa shape index (κ3) is 9.23. The minimum absolute atomic E-state index is 0.0472. The van der Waals surface area contributed by atoms with Crippen molar-refractivity contribution >= 4 is 5.91 Å². The van der Waals surface area contributed by atoms with Gasteiger partial charge in [-0.15, -0.1) is 5.10 Å². The van der Waals surface area contributed by atoms with E-state index in [4.69, 9.17) is 28.4 Å². The average molecular weight is 1070 g/mol. The average Bonchev–Trinajstić information content (AvgIpc) is 3.87. The molecule has 1 aromatic carbocycles. The second kappa shape index (κ2) is 20.5. The Morgan fingerprint density at radius 1 is 0.789 bits per heavy atom. The van der Waals surface area contributed by atoms with Gasteiger partial charge in [0.1, 0.15) is 78.2 Å². The second-order valence-corrected chi connectivity index (χ2v) is 26.0. The molecule has 7 fully saturated rings. The first kappa shape index (κ1) is 56.2. The standard InChI is InChI=1S/C56H83FN4O15/c1-28-39(63)42(66)44(68)47(72-28)76-46-41(65)35(74-48-45(69)43(67)40(64)34(26-62)73-48)27-71-49(46)75-38-16-17-53(6)36(52(38,4)5)15-18-55(8)37(53)14-13-30-31-23-51(2,3)19-21-56(31,22-20-54(30,55)7)50(70)58-24-29-25-61(60-59-29)33-12-10-9-11-32(33)57/h9-13,25,28,31,34-49,62-69H,14-24,26-27H2,1-8H3,(H,58,70)/t28-,31-,34+,35-,36-,37+,38-,39-,40+,41-,42+,43-,44+,45+,46+,47-,48-,49-,53-,54+,55+,56-/m0/s1. The molecule has 1 aromatic heterocycles. The van der Waals surface area contributed by atoms with E-state index in [2.05, 4.69) is 70.2 Å². The molecule has 3 aliphatic heterocycles. The van der Waals surface area contributed by atoms with Gasteiger partial charge in [-0.05, 0) is 128 Å². The van der Waals surface area contributed by atoms with Crippen LogP contribution >= 0.6 is 0 Å². The molecule has 0 bridgehead atoms. The normalized spacial score (nSPS) is 46.8. The van der Waals surface area contributed by atoms with Crippen LogP contribution in [0.2, 0.25) is 0 Å². The number of benzene rings is 1. The van der Waals surface area contributed by atoms with Crippen LogP contribution in [0.3, 0.4) is 0 Å². The van der Waals surface area contributed by atoms with E-state index in [1.54, 1.807) is 24.4 Å². The minimum atomic E-state index is -1.76. The first-order chi connectivity index (χ1) is 35.8. The van der Waals surface area contributed by atoms with Gasteiger partial charge in [-0.2, -0.15) is 0 Å². The number of nitrogens with one attached hydrogen (secondary N) is 1. The fourth-order valence-corrected chi connectivity index (χ4v) is 16.3. The van der Waals surface area contributed by atoms with Gasteiger partial charge >= 0.3 is 0 Å². The Balaban J connectivity index is 0.873. The predicted molar refractivity (Wildman–Crippen MR) is 269 cm³/mol. The summed E-state index contributed by atoms with van der Waals surface area (Å²) in [7, 11) is 0. The third-order valence-corrected chi connectivity index (χ3v) is 21.1. The SMILES string of the molecule is C[C@@H]1O[C@@H](O[C@H]2[C@H](O[C@H]3CC[C@]4(C)[C@H]5CC=C6[C@@H]7CC(C)(C)CC[C@]7(C(=O)NCc7cn(-c8ccccc8F)nn7)CC[C@@]6(C)[C@]5(C)CC[C@H]4C3(C)C)OC[C@H](O[C@@H]3O[C@H](CO)[C@@H](O)[C@H](O)[C@H]3O)[C@@H]2O)[C@H](O)[C@H](O)[C@H]1O. The second-order valence-electron chi connectivity index (χ2n) is 26.0. The van der Waals surface area contributed by atoms with E-state index in [9.17, 15) is 50.0 Å². The zero-order valence-corrected chi connectivity index (χ0v) is 45.2. The predicted octanol–water partition coefficient (Wildman–Crippen LogP) is 3.32. The van der Waals surface area contributed by atoms with Crippen LogP contribution in [0.5, 0.6) is 0 Å². The van der Waals surface area contributed by atoms with Crippen molar-refractivity contribution in [3.8, 4) is 5.69 Å². The minimum Gasteiger partial charge on any atom is -0.394 e. The molecule has 0 spiro atoms. The highest BCUT2D eigenvalue weighted by Gasteiger charge is 2.70. The number of halogens is 1. The van der Waals surface area contributed by atoms with Gasteiger partial charge in [-0.3, -0.25) is 4.79 Å². The molecular formula is C56H83FN4O15. The number of ether oxygens (including phenoxy) is 6. The maximum atomic E-state index is 14.9. The monoisotopic (exact) mass is 1070 g/mol. The van der Waals surface area contributed by atoms with Crippen molar-refractivity contribution in [2.45, 2.75) is 218 Å². The van der Waals surface area contributed by atoms with Crippen LogP contribution in [0.15, 0.2) is 42.1 Å². The molecule has 19 nitrogen and oxygen atoms in total. The molecule has 1 amide bonds. The molecule has 22 atom stereocenters. The van der Waals surface area contributed by atoms with Crippen molar-refractivity contribution in [3.05, 3.63) is 53.6 Å². The molecule has 10 rings (SSSR count).